The number of aromatic carboxylic acids is 1. The molecule has 25 heavy (non-hydrogen) atoms. The molecule has 0 radical (unpaired) electrons. The summed E-state index contributed by atoms with van der Waals surface area (Å²) in [6.07, 6.45) is -1.23. The zero-order chi connectivity index (χ0) is 18.4. The number of carboxylic acid groups (broad SMARTS) is 1. The van der Waals surface area contributed by atoms with Gasteiger partial charge >= 0.3 is 5.97 Å². The molecule has 11 heteroatoms. The summed E-state index contributed by atoms with van der Waals surface area (Å²) in [5, 5.41) is 13.3. The molecule has 136 valence electrons. The van der Waals surface area contributed by atoms with Gasteiger partial charge in [0, 0.05) is 18.4 Å². The van der Waals surface area contributed by atoms with Crippen LogP contribution in [-0.4, -0.2) is 51.1 Å². The van der Waals surface area contributed by atoms with Gasteiger partial charge < -0.3 is 9.67 Å². The second-order valence-corrected chi connectivity index (χ2v) is 7.58. The van der Waals surface area contributed by atoms with E-state index >= 15 is 0 Å². The Hall–Kier alpha value is -2.27. The Morgan fingerprint density at radius 1 is 1.40 bits per heavy atom. The maximum absolute atomic E-state index is 12.9. The zero-order valence-electron chi connectivity index (χ0n) is 13.3. The fraction of sp³-hybridized carbons (Fsp3) is 0.429. The predicted octanol–water partition coefficient (Wildman–Crippen LogP) is 1.16. The van der Waals surface area contributed by atoms with Gasteiger partial charge in [-0.1, -0.05) is 0 Å². The molecule has 0 unspecified atom stereocenters. The van der Waals surface area contributed by atoms with Gasteiger partial charge in [-0.15, -0.1) is 0 Å². The first-order valence-corrected chi connectivity index (χ1v) is 8.88. The van der Waals surface area contributed by atoms with Gasteiger partial charge in [-0.3, -0.25) is 4.68 Å². The summed E-state index contributed by atoms with van der Waals surface area (Å²) in [6, 6.07) is 2.64. The summed E-state index contributed by atoms with van der Waals surface area (Å²) in [5.41, 5.74) is 0.216. The van der Waals surface area contributed by atoms with Crippen molar-refractivity contribution >= 4 is 16.0 Å². The Bertz CT molecular complexity index is 919. The van der Waals surface area contributed by atoms with Crippen LogP contribution in [-0.2, 0) is 29.7 Å². The highest BCUT2D eigenvalue weighted by atomic mass is 32.2. The Morgan fingerprint density at radius 2 is 2.12 bits per heavy atom. The van der Waals surface area contributed by atoms with Crippen LogP contribution in [0.5, 0.6) is 0 Å². The molecule has 0 spiro atoms. The number of fused-ring (bicyclic) bond motifs is 1. The molecule has 3 heterocycles. The lowest BCUT2D eigenvalue weighted by molar-refractivity contribution is 0.0675. The highest BCUT2D eigenvalue weighted by molar-refractivity contribution is 7.89. The quantitative estimate of drug-likeness (QED) is 0.847. The molecule has 0 atom stereocenters. The number of carbonyl (C=O) groups is 1. The van der Waals surface area contributed by atoms with Gasteiger partial charge in [0.2, 0.25) is 10.0 Å². The number of aromatic nitrogens is 3. The van der Waals surface area contributed by atoms with Gasteiger partial charge in [0.1, 0.15) is 10.6 Å². The number of rotatable bonds is 5. The largest absolute Gasteiger partial charge is 0.477 e. The van der Waals surface area contributed by atoms with E-state index in [1.807, 2.05) is 0 Å². The van der Waals surface area contributed by atoms with Gasteiger partial charge in [0.15, 0.2) is 0 Å². The molecule has 0 aliphatic carbocycles. The molecule has 0 saturated heterocycles. The number of nitrogens with zero attached hydrogens (tertiary/aromatic N) is 4. The SMILES string of the molecule is Cc1c(S(=O)(=O)N2CCn3nccc3C2)cc(C(=O)O)n1CC(F)F. The molecule has 0 saturated carbocycles. The third kappa shape index (κ3) is 3.04. The fourth-order valence-electron chi connectivity index (χ4n) is 2.94. The molecule has 2 aromatic heterocycles. The smallest absolute Gasteiger partial charge is 0.352 e. The minimum atomic E-state index is -4.02. The first kappa shape index (κ1) is 17.5. The van der Waals surface area contributed by atoms with Crippen LogP contribution >= 0.6 is 0 Å². The van der Waals surface area contributed by atoms with Crippen LogP contribution in [0.3, 0.4) is 0 Å². The molecule has 8 nitrogen and oxygen atoms in total. The van der Waals surface area contributed by atoms with E-state index in [4.69, 9.17) is 0 Å². The molecule has 1 N–H and O–H groups in total. The Labute approximate surface area is 142 Å². The summed E-state index contributed by atoms with van der Waals surface area (Å²) >= 11 is 0. The van der Waals surface area contributed by atoms with Crippen molar-refractivity contribution in [2.24, 2.45) is 0 Å². The summed E-state index contributed by atoms with van der Waals surface area (Å²) in [5.74, 6) is -1.46. The second-order valence-electron chi connectivity index (χ2n) is 5.67. The first-order valence-electron chi connectivity index (χ1n) is 7.44. The molecule has 0 amide bonds. The highest BCUT2D eigenvalue weighted by Gasteiger charge is 2.33. The minimum Gasteiger partial charge on any atom is -0.477 e. The third-order valence-corrected chi connectivity index (χ3v) is 6.14. The summed E-state index contributed by atoms with van der Waals surface area (Å²) in [7, 11) is -4.02. The molecular formula is C14H16F2N4O4S. The van der Waals surface area contributed by atoms with Crippen molar-refractivity contribution in [2.45, 2.75) is 37.9 Å². The first-order chi connectivity index (χ1) is 11.7. The molecule has 2 aromatic rings. The van der Waals surface area contributed by atoms with Crippen LogP contribution in [0.2, 0.25) is 0 Å². The van der Waals surface area contributed by atoms with Crippen LogP contribution in [0.4, 0.5) is 8.78 Å². The molecule has 0 bridgehead atoms. The Kier molecular flexibility index (Phi) is 4.37. The summed E-state index contributed by atoms with van der Waals surface area (Å²) in [4.78, 5) is 11.0. The van der Waals surface area contributed by atoms with Crippen molar-refractivity contribution in [3.8, 4) is 0 Å². The molecule has 0 fully saturated rings. The fourth-order valence-corrected chi connectivity index (χ4v) is 4.58. The van der Waals surface area contributed by atoms with E-state index in [0.717, 1.165) is 10.6 Å². The maximum atomic E-state index is 12.9. The maximum Gasteiger partial charge on any atom is 0.352 e. The lowest BCUT2D eigenvalue weighted by atomic mass is 10.3. The Morgan fingerprint density at radius 3 is 2.76 bits per heavy atom. The monoisotopic (exact) mass is 374 g/mol. The summed E-state index contributed by atoms with van der Waals surface area (Å²) in [6.45, 7) is 1.07. The number of alkyl halides is 2. The van der Waals surface area contributed by atoms with Crippen molar-refractivity contribution in [1.29, 1.82) is 0 Å². The van der Waals surface area contributed by atoms with E-state index in [1.54, 1.807) is 16.9 Å². The van der Waals surface area contributed by atoms with E-state index in [0.29, 0.717) is 12.2 Å². The van der Waals surface area contributed by atoms with Crippen molar-refractivity contribution in [2.75, 3.05) is 6.54 Å². The van der Waals surface area contributed by atoms with E-state index < -0.39 is 34.7 Å². The third-order valence-electron chi connectivity index (χ3n) is 4.18. The van der Waals surface area contributed by atoms with Crippen molar-refractivity contribution in [3.63, 3.8) is 0 Å². The van der Waals surface area contributed by atoms with Crippen LogP contribution in [0.25, 0.3) is 0 Å². The van der Waals surface area contributed by atoms with E-state index in [2.05, 4.69) is 5.10 Å². The van der Waals surface area contributed by atoms with E-state index in [1.165, 1.54) is 11.2 Å². The topological polar surface area (TPSA) is 97.4 Å². The van der Waals surface area contributed by atoms with Crippen LogP contribution < -0.4 is 0 Å². The standard InChI is InChI=1S/C14H16F2N4O4S/c1-9-12(6-11(14(21)22)19(9)8-13(15)16)25(23,24)18-4-5-20-10(7-18)2-3-17-20/h2-3,6,13H,4-5,7-8H2,1H3,(H,21,22). The van der Waals surface area contributed by atoms with Crippen molar-refractivity contribution in [3.05, 3.63) is 35.4 Å². The normalized spacial score (nSPS) is 15.5. The van der Waals surface area contributed by atoms with E-state index in [-0.39, 0.29) is 23.7 Å². The van der Waals surface area contributed by atoms with Crippen LogP contribution in [0.15, 0.2) is 23.2 Å². The molecule has 3 rings (SSSR count). The average molecular weight is 374 g/mol. The number of sulfonamides is 1. The number of halogens is 2. The molecule has 1 aliphatic heterocycles. The van der Waals surface area contributed by atoms with Gasteiger partial charge in [-0.25, -0.2) is 22.0 Å². The average Bonchev–Trinajstić information content (AvgIpc) is 3.11. The van der Waals surface area contributed by atoms with Crippen LogP contribution in [0.1, 0.15) is 21.9 Å². The molecule has 0 aromatic carbocycles. The lowest BCUT2D eigenvalue weighted by Crippen LogP contribution is -2.38. The van der Waals surface area contributed by atoms with Gasteiger partial charge in [-0.05, 0) is 19.1 Å². The predicted molar refractivity (Wildman–Crippen MR) is 82.0 cm³/mol. The van der Waals surface area contributed by atoms with Crippen molar-refractivity contribution < 1.29 is 27.1 Å². The molecule has 1 aliphatic rings. The van der Waals surface area contributed by atoms with Gasteiger partial charge in [0.05, 0.1) is 25.3 Å². The van der Waals surface area contributed by atoms with E-state index in [9.17, 15) is 27.1 Å². The van der Waals surface area contributed by atoms with Gasteiger partial charge in [0.25, 0.3) is 6.43 Å². The Balaban J connectivity index is 2.02. The van der Waals surface area contributed by atoms with Crippen molar-refractivity contribution in [1.82, 2.24) is 18.7 Å². The highest BCUT2D eigenvalue weighted by Crippen LogP contribution is 2.27. The minimum absolute atomic E-state index is 0.0169. The van der Waals surface area contributed by atoms with Crippen LogP contribution in [0, 0.1) is 6.92 Å². The zero-order valence-corrected chi connectivity index (χ0v) is 14.1. The lowest BCUT2D eigenvalue weighted by Gasteiger charge is -2.27. The molecular weight excluding hydrogens is 358 g/mol. The number of hydrogen-bond acceptors (Lipinski definition) is 4. The second kappa shape index (κ2) is 6.23. The number of carboxylic acids is 1. The summed E-state index contributed by atoms with van der Waals surface area (Å²) < 4.78 is 55.0. The number of hydrogen-bond donors (Lipinski definition) is 1. The van der Waals surface area contributed by atoms with Gasteiger partial charge in [-0.2, -0.15) is 9.40 Å².